The smallest absolute Gasteiger partial charge is 0.306 e. The number of hydrogen-bond donors (Lipinski definition) is 1. The molecule has 0 saturated heterocycles. The van der Waals surface area contributed by atoms with Gasteiger partial charge in [0.15, 0.2) is 0 Å². The Labute approximate surface area is 212 Å². The van der Waals surface area contributed by atoms with Crippen LogP contribution in [-0.4, -0.2) is 36.2 Å². The van der Waals surface area contributed by atoms with E-state index in [-0.39, 0.29) is 16.9 Å². The van der Waals surface area contributed by atoms with Gasteiger partial charge in [0.1, 0.15) is 11.4 Å². The van der Waals surface area contributed by atoms with Crippen LogP contribution in [-0.2, 0) is 19.6 Å². The van der Waals surface area contributed by atoms with Crippen molar-refractivity contribution in [3.8, 4) is 11.1 Å². The Morgan fingerprint density at radius 3 is 2.61 bits per heavy atom. The third-order valence-electron chi connectivity index (χ3n) is 6.52. The number of rotatable bonds is 9. The van der Waals surface area contributed by atoms with E-state index in [0.29, 0.717) is 40.3 Å². The summed E-state index contributed by atoms with van der Waals surface area (Å²) in [6.07, 6.45) is 6.37. The molecule has 0 aliphatic heterocycles. The predicted molar refractivity (Wildman–Crippen MR) is 138 cm³/mol. The highest BCUT2D eigenvalue weighted by Gasteiger charge is 2.33. The molecule has 0 radical (unpaired) electrons. The summed E-state index contributed by atoms with van der Waals surface area (Å²) in [5.74, 6) is 0.929. The summed E-state index contributed by atoms with van der Waals surface area (Å²) in [6.45, 7) is 9.25. The van der Waals surface area contributed by atoms with Crippen LogP contribution in [0.1, 0.15) is 70.8 Å². The number of pyridine rings is 1. The lowest BCUT2D eigenvalue weighted by molar-refractivity contribution is -0.154. The van der Waals surface area contributed by atoms with Gasteiger partial charge in [-0.05, 0) is 89.6 Å². The lowest BCUT2D eigenvalue weighted by Gasteiger charge is -2.35. The lowest BCUT2D eigenvalue weighted by atomic mass is 9.78. The predicted octanol–water partition coefficient (Wildman–Crippen LogP) is 5.47. The minimum Gasteiger partial charge on any atom is -0.460 e. The van der Waals surface area contributed by atoms with Crippen molar-refractivity contribution in [2.75, 3.05) is 0 Å². The Hall–Kier alpha value is -2.78. The van der Waals surface area contributed by atoms with Crippen molar-refractivity contribution in [2.45, 2.75) is 89.7 Å². The van der Waals surface area contributed by atoms with Crippen LogP contribution < -0.4 is 4.72 Å². The second kappa shape index (κ2) is 10.3. The van der Waals surface area contributed by atoms with E-state index in [1.165, 1.54) is 0 Å². The fourth-order valence-corrected chi connectivity index (χ4v) is 6.36. The van der Waals surface area contributed by atoms with E-state index < -0.39 is 15.6 Å². The lowest BCUT2D eigenvalue weighted by Crippen LogP contribution is -2.44. The summed E-state index contributed by atoms with van der Waals surface area (Å²) >= 11 is 0. The number of nitrogens with one attached hydrogen (secondary N) is 1. The molecule has 1 aliphatic rings. The summed E-state index contributed by atoms with van der Waals surface area (Å²) in [5, 5.41) is 4.60. The SMILES string of the molecule is Cc1noc(C)c1-c1cc(S(=O)(=O)NC2CC(CCCCC(=O)OC(C)(C)C)C2)c2cccnc2c1. The monoisotopic (exact) mass is 513 g/mol. The molecule has 1 N–H and O–H groups in total. The number of carbonyl (C=O) groups excluding carboxylic acids is 1. The van der Waals surface area contributed by atoms with Crippen LogP contribution in [0, 0.1) is 19.8 Å². The molecule has 0 amide bonds. The molecule has 0 bridgehead atoms. The summed E-state index contributed by atoms with van der Waals surface area (Å²) in [4.78, 5) is 16.5. The molecule has 2 aromatic heterocycles. The van der Waals surface area contributed by atoms with Crippen LogP contribution in [0.15, 0.2) is 39.9 Å². The van der Waals surface area contributed by atoms with Crippen molar-refractivity contribution < 1.29 is 22.5 Å². The van der Waals surface area contributed by atoms with Gasteiger partial charge in [0.25, 0.3) is 0 Å². The van der Waals surface area contributed by atoms with Gasteiger partial charge in [0.2, 0.25) is 10.0 Å². The minimum atomic E-state index is -3.77. The Morgan fingerprint density at radius 2 is 1.94 bits per heavy atom. The molecule has 4 rings (SSSR count). The van der Waals surface area contributed by atoms with E-state index >= 15 is 0 Å². The number of benzene rings is 1. The second-order valence-corrected chi connectivity index (χ2v) is 12.4. The van der Waals surface area contributed by atoms with E-state index in [4.69, 9.17) is 9.26 Å². The average Bonchev–Trinajstić information content (AvgIpc) is 3.10. The van der Waals surface area contributed by atoms with Crippen LogP contribution in [0.2, 0.25) is 0 Å². The van der Waals surface area contributed by atoms with Gasteiger partial charge in [-0.1, -0.05) is 18.0 Å². The highest BCUT2D eigenvalue weighted by Crippen LogP contribution is 2.36. The van der Waals surface area contributed by atoms with E-state index in [9.17, 15) is 13.2 Å². The molecule has 3 aromatic rings. The molecule has 1 aromatic carbocycles. The molecule has 36 heavy (non-hydrogen) atoms. The number of sulfonamides is 1. The summed E-state index contributed by atoms with van der Waals surface area (Å²) < 4.78 is 40.5. The third kappa shape index (κ3) is 6.13. The van der Waals surface area contributed by atoms with Crippen LogP contribution in [0.25, 0.3) is 22.0 Å². The molecular weight excluding hydrogens is 478 g/mol. The molecule has 0 atom stereocenters. The van der Waals surface area contributed by atoms with Gasteiger partial charge >= 0.3 is 5.97 Å². The summed E-state index contributed by atoms with van der Waals surface area (Å²) in [7, 11) is -3.77. The first-order valence-corrected chi connectivity index (χ1v) is 14.0. The highest BCUT2D eigenvalue weighted by atomic mass is 32.2. The molecule has 2 heterocycles. The summed E-state index contributed by atoms with van der Waals surface area (Å²) in [6, 6.07) is 6.99. The zero-order chi connectivity index (χ0) is 26.1. The van der Waals surface area contributed by atoms with Gasteiger partial charge in [0.05, 0.1) is 16.1 Å². The van der Waals surface area contributed by atoms with Crippen LogP contribution in [0.4, 0.5) is 0 Å². The Balaban J connectivity index is 1.39. The van der Waals surface area contributed by atoms with Gasteiger partial charge in [-0.3, -0.25) is 9.78 Å². The molecule has 1 fully saturated rings. The van der Waals surface area contributed by atoms with Gasteiger partial charge in [-0.2, -0.15) is 0 Å². The second-order valence-electron chi connectivity index (χ2n) is 10.7. The van der Waals surface area contributed by atoms with Crippen molar-refractivity contribution in [3.05, 3.63) is 41.9 Å². The van der Waals surface area contributed by atoms with Crippen molar-refractivity contribution in [2.24, 2.45) is 5.92 Å². The number of nitrogens with zero attached hydrogens (tertiary/aromatic N) is 2. The van der Waals surface area contributed by atoms with Crippen LogP contribution >= 0.6 is 0 Å². The topological polar surface area (TPSA) is 111 Å². The Bertz CT molecular complexity index is 1330. The quantitative estimate of drug-likeness (QED) is 0.298. The average molecular weight is 514 g/mol. The molecule has 9 heteroatoms. The number of ether oxygens (including phenoxy) is 1. The molecule has 8 nitrogen and oxygen atoms in total. The molecule has 1 aliphatic carbocycles. The zero-order valence-electron chi connectivity index (χ0n) is 21.6. The number of hydrogen-bond acceptors (Lipinski definition) is 7. The number of unbranched alkanes of at least 4 members (excludes halogenated alkanes) is 1. The normalized spacial score (nSPS) is 18.2. The molecular formula is C27H35N3O5S. The first-order chi connectivity index (χ1) is 16.9. The van der Waals surface area contributed by atoms with Crippen molar-refractivity contribution in [1.82, 2.24) is 14.9 Å². The number of aryl methyl sites for hydroxylation is 2. The molecule has 194 valence electrons. The summed E-state index contributed by atoms with van der Waals surface area (Å²) in [5.41, 5.74) is 2.35. The maximum absolute atomic E-state index is 13.5. The number of aromatic nitrogens is 2. The van der Waals surface area contributed by atoms with Crippen molar-refractivity contribution >= 4 is 26.9 Å². The van der Waals surface area contributed by atoms with Crippen LogP contribution in [0.5, 0.6) is 0 Å². The molecule has 1 saturated carbocycles. The third-order valence-corrected chi connectivity index (χ3v) is 8.08. The highest BCUT2D eigenvalue weighted by molar-refractivity contribution is 7.89. The largest absolute Gasteiger partial charge is 0.460 e. The fourth-order valence-electron chi connectivity index (χ4n) is 4.86. The van der Waals surface area contributed by atoms with E-state index in [0.717, 1.165) is 37.7 Å². The standard InChI is InChI=1S/C27H35N3O5S/c1-17-26(18(2)35-29-17)20-15-23-22(10-8-12-28-23)24(16-20)36(32,33)30-21-13-19(14-21)9-6-7-11-25(31)34-27(3,4)5/h8,10,12,15-16,19,21,30H,6-7,9,11,13-14H2,1-5H3. The number of esters is 1. The maximum Gasteiger partial charge on any atom is 0.306 e. The van der Waals surface area contributed by atoms with Gasteiger partial charge in [-0.15, -0.1) is 0 Å². The van der Waals surface area contributed by atoms with E-state index in [2.05, 4.69) is 14.9 Å². The number of carbonyl (C=O) groups is 1. The van der Waals surface area contributed by atoms with E-state index in [1.54, 1.807) is 24.4 Å². The minimum absolute atomic E-state index is 0.0969. The first-order valence-electron chi connectivity index (χ1n) is 12.5. The van der Waals surface area contributed by atoms with Crippen molar-refractivity contribution in [3.63, 3.8) is 0 Å². The number of fused-ring (bicyclic) bond motifs is 1. The van der Waals surface area contributed by atoms with Gasteiger partial charge in [-0.25, -0.2) is 13.1 Å². The van der Waals surface area contributed by atoms with Crippen LogP contribution in [0.3, 0.4) is 0 Å². The zero-order valence-corrected chi connectivity index (χ0v) is 22.4. The van der Waals surface area contributed by atoms with Gasteiger partial charge < -0.3 is 9.26 Å². The van der Waals surface area contributed by atoms with Crippen molar-refractivity contribution in [1.29, 1.82) is 0 Å². The van der Waals surface area contributed by atoms with E-state index in [1.807, 2.05) is 40.7 Å². The Kier molecular flexibility index (Phi) is 7.52. The van der Waals surface area contributed by atoms with Gasteiger partial charge in [0, 0.05) is 29.6 Å². The fraction of sp³-hybridized carbons (Fsp3) is 0.519. The Morgan fingerprint density at radius 1 is 1.19 bits per heavy atom. The first kappa shape index (κ1) is 26.3. The maximum atomic E-state index is 13.5. The molecule has 0 spiro atoms. The molecule has 0 unspecified atom stereocenters.